The highest BCUT2D eigenvalue weighted by atomic mass is 32.2. The van der Waals surface area contributed by atoms with E-state index in [2.05, 4.69) is 10.4 Å². The van der Waals surface area contributed by atoms with Gasteiger partial charge in [-0.1, -0.05) is 6.07 Å². The summed E-state index contributed by atoms with van der Waals surface area (Å²) in [5.41, 5.74) is 3.89. The molecule has 2 saturated heterocycles. The molecule has 33 heavy (non-hydrogen) atoms. The summed E-state index contributed by atoms with van der Waals surface area (Å²) >= 11 is 0. The van der Waals surface area contributed by atoms with E-state index in [1.165, 1.54) is 4.31 Å². The molecule has 2 atom stereocenters. The summed E-state index contributed by atoms with van der Waals surface area (Å²) in [6, 6.07) is 7.60. The number of rotatable bonds is 5. The lowest BCUT2D eigenvalue weighted by atomic mass is 10.0. The fraction of sp³-hybridized carbons (Fsp3) is 0.435. The lowest BCUT2D eigenvalue weighted by Gasteiger charge is -2.21. The van der Waals surface area contributed by atoms with Gasteiger partial charge in [0.2, 0.25) is 21.8 Å². The number of nitrogens with one attached hydrogen (secondary N) is 1. The standard InChI is InChI=1S/C23H27N5O4S/c1-14-9-16(5-6-21(14)28-7-4-8-33(28,30)31)19-11-20-18(13-27(3)26-20)23(25-19)32-15(2)17-10-22(29)24-12-17/h5-6,9,11,13,15,17H,4,7-8,10,12H2,1-3H3,(H,24,29)/t15?,17-/m1/s1. The van der Waals surface area contributed by atoms with Crippen LogP contribution in [0.25, 0.3) is 22.2 Å². The normalized spacial score (nSPS) is 20.9. The van der Waals surface area contributed by atoms with Gasteiger partial charge in [-0.05, 0) is 44.0 Å². The molecule has 10 heteroatoms. The van der Waals surface area contributed by atoms with Crippen molar-refractivity contribution in [1.82, 2.24) is 20.1 Å². The van der Waals surface area contributed by atoms with Crippen LogP contribution >= 0.6 is 0 Å². The third-order valence-electron chi connectivity index (χ3n) is 6.41. The molecule has 5 rings (SSSR count). The van der Waals surface area contributed by atoms with Crippen LogP contribution in [-0.4, -0.2) is 54.0 Å². The lowest BCUT2D eigenvalue weighted by molar-refractivity contribution is -0.119. The monoisotopic (exact) mass is 469 g/mol. The zero-order chi connectivity index (χ0) is 23.3. The van der Waals surface area contributed by atoms with Gasteiger partial charge in [0.15, 0.2) is 0 Å². The number of fused-ring (bicyclic) bond motifs is 1. The summed E-state index contributed by atoms with van der Waals surface area (Å²) in [4.78, 5) is 16.4. The first-order chi connectivity index (χ1) is 15.7. The van der Waals surface area contributed by atoms with E-state index in [1.54, 1.807) is 4.68 Å². The van der Waals surface area contributed by atoms with Gasteiger partial charge in [-0.25, -0.2) is 13.4 Å². The number of sulfonamides is 1. The van der Waals surface area contributed by atoms with E-state index in [9.17, 15) is 13.2 Å². The van der Waals surface area contributed by atoms with Crippen LogP contribution in [0.15, 0.2) is 30.5 Å². The average molecular weight is 470 g/mol. The fourth-order valence-corrected chi connectivity index (χ4v) is 6.21. The predicted octanol–water partition coefficient (Wildman–Crippen LogP) is 2.39. The molecule has 1 amide bonds. The summed E-state index contributed by atoms with van der Waals surface area (Å²) in [6.45, 7) is 4.97. The number of hydrogen-bond donors (Lipinski definition) is 1. The molecule has 0 saturated carbocycles. The van der Waals surface area contributed by atoms with Crippen LogP contribution in [-0.2, 0) is 21.9 Å². The number of carbonyl (C=O) groups is 1. The Balaban J connectivity index is 1.51. The van der Waals surface area contributed by atoms with Gasteiger partial charge in [-0.3, -0.25) is 13.8 Å². The SMILES string of the molecule is Cc1cc(-c2cc3nn(C)cc3c(OC(C)[C@H]3CNC(=O)C3)n2)ccc1N1CCCS1(=O)=O. The molecule has 2 fully saturated rings. The van der Waals surface area contributed by atoms with Crippen molar-refractivity contribution >= 4 is 32.5 Å². The number of ether oxygens (including phenoxy) is 1. The van der Waals surface area contributed by atoms with Gasteiger partial charge in [0.25, 0.3) is 0 Å². The number of amides is 1. The molecule has 9 nitrogen and oxygen atoms in total. The molecule has 174 valence electrons. The highest BCUT2D eigenvalue weighted by Gasteiger charge is 2.30. The Morgan fingerprint density at radius 3 is 2.76 bits per heavy atom. The van der Waals surface area contributed by atoms with Gasteiger partial charge < -0.3 is 10.1 Å². The van der Waals surface area contributed by atoms with Gasteiger partial charge in [0, 0.05) is 44.2 Å². The maximum Gasteiger partial charge on any atom is 0.235 e. The fourth-order valence-electron chi connectivity index (χ4n) is 4.58. The van der Waals surface area contributed by atoms with Crippen LogP contribution in [0.3, 0.4) is 0 Å². The van der Waals surface area contributed by atoms with Crippen molar-refractivity contribution in [3.8, 4) is 17.1 Å². The Morgan fingerprint density at radius 1 is 1.27 bits per heavy atom. The summed E-state index contributed by atoms with van der Waals surface area (Å²) in [6.07, 6.45) is 2.76. The van der Waals surface area contributed by atoms with Gasteiger partial charge in [-0.15, -0.1) is 0 Å². The number of aryl methyl sites for hydroxylation is 2. The van der Waals surface area contributed by atoms with Gasteiger partial charge in [0.05, 0.1) is 28.0 Å². The molecule has 1 N–H and O–H groups in total. The van der Waals surface area contributed by atoms with Crippen molar-refractivity contribution in [1.29, 1.82) is 0 Å². The zero-order valence-electron chi connectivity index (χ0n) is 18.9. The molecule has 2 aromatic heterocycles. The summed E-state index contributed by atoms with van der Waals surface area (Å²) in [5, 5.41) is 8.20. The van der Waals surface area contributed by atoms with E-state index in [-0.39, 0.29) is 23.7 Å². The van der Waals surface area contributed by atoms with Gasteiger partial charge in [-0.2, -0.15) is 5.10 Å². The van der Waals surface area contributed by atoms with E-state index in [4.69, 9.17) is 9.72 Å². The zero-order valence-corrected chi connectivity index (χ0v) is 19.7. The van der Waals surface area contributed by atoms with E-state index in [1.807, 2.05) is 51.4 Å². The van der Waals surface area contributed by atoms with Gasteiger partial charge >= 0.3 is 0 Å². The topological polar surface area (TPSA) is 106 Å². The van der Waals surface area contributed by atoms with Crippen molar-refractivity contribution < 1.29 is 17.9 Å². The highest BCUT2D eigenvalue weighted by Crippen LogP contribution is 2.34. The van der Waals surface area contributed by atoms with Crippen LogP contribution in [0.5, 0.6) is 5.88 Å². The molecule has 0 aliphatic carbocycles. The first-order valence-corrected chi connectivity index (χ1v) is 12.7. The van der Waals surface area contributed by atoms with Crippen molar-refractivity contribution in [2.45, 2.75) is 32.8 Å². The van der Waals surface area contributed by atoms with Crippen molar-refractivity contribution in [2.24, 2.45) is 13.0 Å². The Morgan fingerprint density at radius 2 is 2.09 bits per heavy atom. The number of anilines is 1. The second-order valence-electron chi connectivity index (χ2n) is 8.88. The predicted molar refractivity (Wildman–Crippen MR) is 126 cm³/mol. The first-order valence-electron chi connectivity index (χ1n) is 11.1. The Hall–Kier alpha value is -3.14. The summed E-state index contributed by atoms with van der Waals surface area (Å²) < 4.78 is 34.2. The van der Waals surface area contributed by atoms with Crippen molar-refractivity contribution in [3.63, 3.8) is 0 Å². The number of nitrogens with zero attached hydrogens (tertiary/aromatic N) is 4. The number of aromatic nitrogens is 3. The molecular formula is C23H27N5O4S. The molecule has 3 aromatic rings. The van der Waals surface area contributed by atoms with E-state index < -0.39 is 10.0 Å². The molecular weight excluding hydrogens is 442 g/mol. The number of pyridine rings is 1. The summed E-state index contributed by atoms with van der Waals surface area (Å²) in [7, 11) is -1.39. The average Bonchev–Trinajstić information content (AvgIpc) is 3.45. The minimum absolute atomic E-state index is 0.0410. The third kappa shape index (κ3) is 4.03. The molecule has 0 radical (unpaired) electrons. The quantitative estimate of drug-likeness (QED) is 0.615. The van der Waals surface area contributed by atoms with Crippen LogP contribution in [0.2, 0.25) is 0 Å². The van der Waals surface area contributed by atoms with Crippen LogP contribution in [0, 0.1) is 12.8 Å². The third-order valence-corrected chi connectivity index (χ3v) is 8.27. The van der Waals surface area contributed by atoms with Crippen LogP contribution in [0.1, 0.15) is 25.3 Å². The molecule has 4 heterocycles. The molecule has 1 aromatic carbocycles. The maximum atomic E-state index is 12.4. The van der Waals surface area contributed by atoms with Gasteiger partial charge in [0.1, 0.15) is 6.10 Å². The molecule has 2 aliphatic heterocycles. The van der Waals surface area contributed by atoms with Crippen molar-refractivity contribution in [3.05, 3.63) is 36.0 Å². The minimum Gasteiger partial charge on any atom is -0.474 e. The first kappa shape index (κ1) is 21.7. The Kier molecular flexibility index (Phi) is 5.27. The maximum absolute atomic E-state index is 12.4. The number of hydrogen-bond acceptors (Lipinski definition) is 6. The number of carbonyl (C=O) groups excluding carboxylic acids is 1. The smallest absolute Gasteiger partial charge is 0.235 e. The Labute approximate surface area is 192 Å². The van der Waals surface area contributed by atoms with E-state index in [0.717, 1.165) is 22.0 Å². The van der Waals surface area contributed by atoms with Crippen LogP contribution < -0.4 is 14.4 Å². The van der Waals surface area contributed by atoms with Crippen LogP contribution in [0.4, 0.5) is 5.69 Å². The summed E-state index contributed by atoms with van der Waals surface area (Å²) in [5.74, 6) is 0.789. The number of benzene rings is 1. The molecule has 2 aliphatic rings. The van der Waals surface area contributed by atoms with Crippen molar-refractivity contribution in [2.75, 3.05) is 23.1 Å². The molecule has 0 spiro atoms. The highest BCUT2D eigenvalue weighted by molar-refractivity contribution is 7.93. The molecule has 1 unspecified atom stereocenters. The largest absolute Gasteiger partial charge is 0.474 e. The van der Waals surface area contributed by atoms with E-state index >= 15 is 0 Å². The Bertz CT molecular complexity index is 1350. The second-order valence-corrected chi connectivity index (χ2v) is 10.9. The minimum atomic E-state index is -3.24. The lowest BCUT2D eigenvalue weighted by Crippen LogP contribution is -2.26. The second kappa shape index (κ2) is 8.02. The van der Waals surface area contributed by atoms with E-state index in [0.29, 0.717) is 43.2 Å². The molecule has 0 bridgehead atoms.